The minimum atomic E-state index is -4.76. The van der Waals surface area contributed by atoms with E-state index in [0.29, 0.717) is 23.2 Å². The highest BCUT2D eigenvalue weighted by molar-refractivity contribution is 5.95. The predicted molar refractivity (Wildman–Crippen MR) is 77.5 cm³/mol. The van der Waals surface area contributed by atoms with E-state index in [1.54, 1.807) is 12.1 Å². The highest BCUT2D eigenvalue weighted by Crippen LogP contribution is 2.33. The molecule has 4 nitrogen and oxygen atoms in total. The monoisotopic (exact) mass is 321 g/mol. The number of pyridine rings is 1. The Bertz CT molecular complexity index is 619. The van der Waals surface area contributed by atoms with Crippen molar-refractivity contribution in [2.75, 3.05) is 5.43 Å². The summed E-state index contributed by atoms with van der Waals surface area (Å²) >= 11 is 0. The third-order valence-electron chi connectivity index (χ3n) is 2.74. The first kappa shape index (κ1) is 17.3. The van der Waals surface area contributed by atoms with Gasteiger partial charge < -0.3 is 10.2 Å². The van der Waals surface area contributed by atoms with Crippen molar-refractivity contribution >= 4 is 29.0 Å². The molecule has 1 aromatic carbocycles. The van der Waals surface area contributed by atoms with Gasteiger partial charge in [0.1, 0.15) is 5.52 Å². The van der Waals surface area contributed by atoms with Crippen LogP contribution in [0.25, 0.3) is 10.9 Å². The molecule has 0 fully saturated rings. The number of hydrazine groups is 1. The van der Waals surface area contributed by atoms with Crippen LogP contribution in [-0.4, -0.2) is 11.3 Å². The lowest BCUT2D eigenvalue weighted by Crippen LogP contribution is -2.17. The number of benzene rings is 1. The molecule has 2 rings (SSSR count). The van der Waals surface area contributed by atoms with E-state index in [-0.39, 0.29) is 23.7 Å². The maximum Gasteiger partial charge on any atom is 0.573 e. The van der Waals surface area contributed by atoms with Crippen LogP contribution in [0, 0.1) is 0 Å². The highest BCUT2D eigenvalue weighted by Gasteiger charge is 2.32. The number of fused-ring (bicyclic) bond motifs is 1. The molecule has 0 unspecified atom stereocenters. The zero-order valence-corrected chi connectivity index (χ0v) is 12.0. The normalized spacial score (nSPS) is 11.1. The van der Waals surface area contributed by atoms with Gasteiger partial charge in [0.2, 0.25) is 0 Å². The lowest BCUT2D eigenvalue weighted by molar-refractivity contribution is -0.274. The molecule has 0 atom stereocenters. The minimum Gasteiger partial charge on any atom is -0.403 e. The van der Waals surface area contributed by atoms with E-state index in [0.717, 1.165) is 6.42 Å². The second-order valence-electron chi connectivity index (χ2n) is 4.26. The minimum absolute atomic E-state index is 0. The number of hydrogen-bond acceptors (Lipinski definition) is 4. The number of nitrogens with zero attached hydrogens (tertiary/aromatic N) is 1. The van der Waals surface area contributed by atoms with Gasteiger partial charge in [0.25, 0.3) is 0 Å². The van der Waals surface area contributed by atoms with Crippen LogP contribution in [0.15, 0.2) is 24.3 Å². The van der Waals surface area contributed by atoms with Crippen molar-refractivity contribution in [3.63, 3.8) is 0 Å². The third-order valence-corrected chi connectivity index (χ3v) is 2.74. The van der Waals surface area contributed by atoms with Gasteiger partial charge in [-0.15, -0.1) is 25.6 Å². The molecular formula is C13H15ClF3N3O. The van der Waals surface area contributed by atoms with Gasteiger partial charge in [-0.2, -0.15) is 0 Å². The zero-order valence-electron chi connectivity index (χ0n) is 11.2. The van der Waals surface area contributed by atoms with E-state index >= 15 is 0 Å². The van der Waals surface area contributed by atoms with Crippen molar-refractivity contribution in [2.24, 2.45) is 5.84 Å². The number of ether oxygens (including phenoxy) is 1. The number of para-hydroxylation sites is 1. The first-order valence-electron chi connectivity index (χ1n) is 6.09. The Morgan fingerprint density at radius 1 is 1.33 bits per heavy atom. The van der Waals surface area contributed by atoms with Crippen molar-refractivity contribution in [1.29, 1.82) is 0 Å². The van der Waals surface area contributed by atoms with Crippen molar-refractivity contribution in [2.45, 2.75) is 26.1 Å². The van der Waals surface area contributed by atoms with E-state index in [9.17, 15) is 13.2 Å². The molecule has 1 aromatic heterocycles. The molecule has 0 spiro atoms. The number of aromatic nitrogens is 1. The van der Waals surface area contributed by atoms with Crippen LogP contribution in [0.5, 0.6) is 5.75 Å². The Balaban J connectivity index is 0.00000220. The Morgan fingerprint density at radius 2 is 2.05 bits per heavy atom. The molecule has 0 bridgehead atoms. The maximum atomic E-state index is 12.4. The van der Waals surface area contributed by atoms with Crippen LogP contribution in [0.2, 0.25) is 0 Å². The zero-order chi connectivity index (χ0) is 14.8. The average molecular weight is 322 g/mol. The van der Waals surface area contributed by atoms with Gasteiger partial charge in [-0.1, -0.05) is 25.5 Å². The second-order valence-corrected chi connectivity index (χ2v) is 4.26. The summed E-state index contributed by atoms with van der Waals surface area (Å²) in [6.07, 6.45) is -3.29. The Hall–Kier alpha value is -1.73. The summed E-state index contributed by atoms with van der Waals surface area (Å²) in [7, 11) is 0. The van der Waals surface area contributed by atoms with E-state index in [1.807, 2.05) is 6.92 Å². The summed E-state index contributed by atoms with van der Waals surface area (Å²) in [5.74, 6) is 5.09. The molecule has 3 N–H and O–H groups in total. The SMILES string of the molecule is CCCc1cc(NN)c2cccc(OC(F)(F)F)c2n1.Cl. The van der Waals surface area contributed by atoms with E-state index < -0.39 is 6.36 Å². The van der Waals surface area contributed by atoms with Crippen LogP contribution in [-0.2, 0) is 6.42 Å². The van der Waals surface area contributed by atoms with Crippen LogP contribution >= 0.6 is 12.4 Å². The first-order chi connectivity index (χ1) is 9.44. The quantitative estimate of drug-likeness (QED) is 0.664. The molecule has 8 heteroatoms. The molecule has 21 heavy (non-hydrogen) atoms. The fourth-order valence-corrected chi connectivity index (χ4v) is 1.99. The van der Waals surface area contributed by atoms with Crippen molar-refractivity contribution in [3.05, 3.63) is 30.0 Å². The highest BCUT2D eigenvalue weighted by atomic mass is 35.5. The van der Waals surface area contributed by atoms with Gasteiger partial charge in [0, 0.05) is 11.1 Å². The summed E-state index contributed by atoms with van der Waals surface area (Å²) in [6, 6.07) is 6.06. The van der Waals surface area contributed by atoms with Crippen molar-refractivity contribution in [1.82, 2.24) is 4.98 Å². The van der Waals surface area contributed by atoms with Crippen LogP contribution < -0.4 is 16.0 Å². The van der Waals surface area contributed by atoms with Gasteiger partial charge in [-0.05, 0) is 18.6 Å². The number of alkyl halides is 3. The number of aryl methyl sites for hydroxylation is 1. The standard InChI is InChI=1S/C13H14F3N3O.ClH/c1-2-4-8-7-10(19-17)9-5-3-6-11(12(9)18-8)20-13(14,15)16;/h3,5-7H,2,4,17H2,1H3,(H,18,19);1H. The molecule has 0 aliphatic rings. The molecule has 0 aliphatic carbocycles. The fourth-order valence-electron chi connectivity index (χ4n) is 1.99. The lowest BCUT2D eigenvalue weighted by Gasteiger charge is -2.13. The van der Waals surface area contributed by atoms with Gasteiger partial charge >= 0.3 is 6.36 Å². The number of rotatable bonds is 4. The number of anilines is 1. The van der Waals surface area contributed by atoms with Crippen LogP contribution in [0.1, 0.15) is 19.0 Å². The molecule has 0 amide bonds. The first-order valence-corrected chi connectivity index (χ1v) is 6.09. The Morgan fingerprint density at radius 3 is 2.62 bits per heavy atom. The summed E-state index contributed by atoms with van der Waals surface area (Å²) in [5.41, 5.74) is 3.80. The summed E-state index contributed by atoms with van der Waals surface area (Å²) in [6.45, 7) is 1.96. The molecule has 0 saturated carbocycles. The largest absolute Gasteiger partial charge is 0.573 e. The van der Waals surface area contributed by atoms with E-state index in [4.69, 9.17) is 5.84 Å². The Labute approximate surface area is 125 Å². The van der Waals surface area contributed by atoms with Crippen molar-refractivity contribution < 1.29 is 17.9 Å². The smallest absolute Gasteiger partial charge is 0.403 e. The molecule has 2 aromatic rings. The summed E-state index contributed by atoms with van der Waals surface area (Å²) in [5, 5.41) is 0.481. The molecule has 116 valence electrons. The van der Waals surface area contributed by atoms with E-state index in [2.05, 4.69) is 15.1 Å². The van der Waals surface area contributed by atoms with Gasteiger partial charge in [0.15, 0.2) is 5.75 Å². The number of halogens is 4. The van der Waals surface area contributed by atoms with Gasteiger partial charge in [-0.3, -0.25) is 5.84 Å². The molecular weight excluding hydrogens is 307 g/mol. The van der Waals surface area contributed by atoms with Gasteiger partial charge in [0.05, 0.1) is 5.69 Å². The lowest BCUT2D eigenvalue weighted by atomic mass is 10.1. The number of nitrogen functional groups attached to an aromatic ring is 1. The predicted octanol–water partition coefficient (Wildman–Crippen LogP) is 3.79. The van der Waals surface area contributed by atoms with Gasteiger partial charge in [-0.25, -0.2) is 4.98 Å². The summed E-state index contributed by atoms with van der Waals surface area (Å²) in [4.78, 5) is 4.24. The molecule has 1 heterocycles. The van der Waals surface area contributed by atoms with Crippen LogP contribution in [0.3, 0.4) is 0 Å². The van der Waals surface area contributed by atoms with E-state index in [1.165, 1.54) is 12.1 Å². The summed E-state index contributed by atoms with van der Waals surface area (Å²) < 4.78 is 41.2. The number of nitrogens with two attached hydrogens (primary N) is 1. The average Bonchev–Trinajstić information content (AvgIpc) is 2.37. The number of nitrogens with one attached hydrogen (secondary N) is 1. The fraction of sp³-hybridized carbons (Fsp3) is 0.308. The third kappa shape index (κ3) is 4.12. The molecule has 0 aliphatic heterocycles. The second kappa shape index (κ2) is 6.82. The maximum absolute atomic E-state index is 12.4. The number of hydrogen-bond donors (Lipinski definition) is 2. The van der Waals surface area contributed by atoms with Crippen molar-refractivity contribution in [3.8, 4) is 5.75 Å². The molecule has 0 saturated heterocycles. The van der Waals surface area contributed by atoms with Crippen LogP contribution in [0.4, 0.5) is 18.9 Å². The Kier molecular flexibility index (Phi) is 5.62. The molecule has 0 radical (unpaired) electrons. The topological polar surface area (TPSA) is 60.2 Å².